The Hall–Kier alpha value is -2.97. The summed E-state index contributed by atoms with van der Waals surface area (Å²) in [6.07, 6.45) is 3.52. The highest BCUT2D eigenvalue weighted by Crippen LogP contribution is 2.56. The largest absolute Gasteiger partial charge is 0.519 e. The summed E-state index contributed by atoms with van der Waals surface area (Å²) in [5.74, 6) is 0.866. The third-order valence-corrected chi connectivity index (χ3v) is 12.6. The lowest BCUT2D eigenvalue weighted by atomic mass is 10.0. The zero-order valence-corrected chi connectivity index (χ0v) is 28.9. The highest BCUT2D eigenvalue weighted by atomic mass is 32.2. The molecule has 2 aliphatic heterocycles. The maximum absolute atomic E-state index is 12.5. The third kappa shape index (κ3) is 7.45. The lowest BCUT2D eigenvalue weighted by Gasteiger charge is -2.12. The molecule has 2 aliphatic rings. The normalized spacial score (nSPS) is 16.8. The molecule has 3 nitrogen and oxygen atoms in total. The topological polar surface area (TPSA) is 35.5 Å². The Balaban J connectivity index is 1.04. The van der Waals surface area contributed by atoms with Gasteiger partial charge in [-0.3, -0.25) is 0 Å². The van der Waals surface area contributed by atoms with Crippen LogP contribution in [0.25, 0.3) is 23.3 Å². The van der Waals surface area contributed by atoms with Gasteiger partial charge in [0.2, 0.25) is 0 Å². The standard InChI is InChI=1S/C37H34O3S4/c1-23(27-11-17-31-33(21-27)43-36(3,4)41-31)19-25-7-13-29(14-8-25)39-35(38)40-30-15-9-26(10-16-30)20-24(2)28-12-18-32-34(22-28)44-37(5,6)42-32/h7-22H,1-6H3/b23-19+,24-20+. The maximum atomic E-state index is 12.5. The molecule has 224 valence electrons. The summed E-state index contributed by atoms with van der Waals surface area (Å²) in [6.45, 7) is 13.3. The molecule has 0 N–H and O–H groups in total. The molecule has 0 aliphatic carbocycles. The Morgan fingerprint density at radius 1 is 0.545 bits per heavy atom. The Bertz CT molecular complexity index is 1650. The van der Waals surface area contributed by atoms with Crippen molar-refractivity contribution in [3.63, 3.8) is 0 Å². The van der Waals surface area contributed by atoms with Gasteiger partial charge in [-0.1, -0.05) is 48.6 Å². The first kappa shape index (κ1) is 31.0. The molecule has 0 amide bonds. The van der Waals surface area contributed by atoms with Crippen LogP contribution in [0.5, 0.6) is 11.5 Å². The lowest BCUT2D eigenvalue weighted by molar-refractivity contribution is 0.152. The molecule has 0 radical (unpaired) electrons. The highest BCUT2D eigenvalue weighted by Gasteiger charge is 2.31. The minimum absolute atomic E-state index is 0.176. The molecule has 0 unspecified atom stereocenters. The predicted octanol–water partition coefficient (Wildman–Crippen LogP) is 12.3. The van der Waals surface area contributed by atoms with Gasteiger partial charge in [0.1, 0.15) is 11.5 Å². The number of carbonyl (C=O) groups excluding carboxylic acids is 1. The number of ether oxygens (including phenoxy) is 2. The summed E-state index contributed by atoms with van der Waals surface area (Å²) < 4.78 is 11.2. The van der Waals surface area contributed by atoms with Crippen LogP contribution < -0.4 is 9.47 Å². The molecule has 4 aromatic rings. The van der Waals surface area contributed by atoms with Crippen molar-refractivity contribution in [1.29, 1.82) is 0 Å². The Morgan fingerprint density at radius 2 is 0.909 bits per heavy atom. The average Bonchev–Trinajstić information content (AvgIpc) is 3.46. The number of thioether (sulfide) groups is 4. The maximum Gasteiger partial charge on any atom is 0.519 e. The molecule has 0 aromatic heterocycles. The van der Waals surface area contributed by atoms with Crippen molar-refractivity contribution in [2.45, 2.75) is 69.3 Å². The molecule has 6 rings (SSSR count). The van der Waals surface area contributed by atoms with Crippen LogP contribution in [0.15, 0.2) is 105 Å². The average molecular weight is 655 g/mol. The van der Waals surface area contributed by atoms with E-state index in [1.165, 1.54) is 41.9 Å². The summed E-state index contributed by atoms with van der Waals surface area (Å²) in [7, 11) is 0. The second kappa shape index (κ2) is 12.4. The highest BCUT2D eigenvalue weighted by molar-refractivity contribution is 8.21. The number of fused-ring (bicyclic) bond motifs is 2. The van der Waals surface area contributed by atoms with Crippen LogP contribution in [0.2, 0.25) is 0 Å². The van der Waals surface area contributed by atoms with E-state index >= 15 is 0 Å². The van der Waals surface area contributed by atoms with Crippen LogP contribution in [-0.4, -0.2) is 14.3 Å². The van der Waals surface area contributed by atoms with Gasteiger partial charge in [-0.15, -0.1) is 47.0 Å². The minimum atomic E-state index is -0.767. The van der Waals surface area contributed by atoms with Crippen molar-refractivity contribution in [2.24, 2.45) is 0 Å². The Labute approximate surface area is 277 Å². The molecule has 4 aromatic carbocycles. The fourth-order valence-electron chi connectivity index (χ4n) is 5.08. The van der Waals surface area contributed by atoms with E-state index < -0.39 is 6.16 Å². The van der Waals surface area contributed by atoms with Gasteiger partial charge in [-0.2, -0.15) is 0 Å². The first-order chi connectivity index (χ1) is 20.9. The summed E-state index contributed by atoms with van der Waals surface area (Å²) in [4.78, 5) is 17.9. The molecule has 0 saturated heterocycles. The van der Waals surface area contributed by atoms with Crippen LogP contribution in [0.1, 0.15) is 63.8 Å². The molecule has 0 atom stereocenters. The lowest BCUT2D eigenvalue weighted by Crippen LogP contribution is -2.13. The van der Waals surface area contributed by atoms with Crippen molar-refractivity contribution >= 4 is 76.5 Å². The van der Waals surface area contributed by atoms with Gasteiger partial charge in [0.05, 0.1) is 8.16 Å². The van der Waals surface area contributed by atoms with E-state index in [1.807, 2.05) is 71.3 Å². The molecule has 0 saturated carbocycles. The summed E-state index contributed by atoms with van der Waals surface area (Å²) >= 11 is 7.67. The molecular weight excluding hydrogens is 621 g/mol. The van der Waals surface area contributed by atoms with Crippen molar-refractivity contribution in [1.82, 2.24) is 0 Å². The van der Waals surface area contributed by atoms with Gasteiger partial charge < -0.3 is 9.47 Å². The molecule has 44 heavy (non-hydrogen) atoms. The van der Waals surface area contributed by atoms with Gasteiger partial charge >= 0.3 is 6.16 Å². The van der Waals surface area contributed by atoms with Crippen molar-refractivity contribution in [3.05, 3.63) is 107 Å². The number of allylic oxidation sites excluding steroid dienone is 2. The zero-order valence-electron chi connectivity index (χ0n) is 25.6. The van der Waals surface area contributed by atoms with Gasteiger partial charge in [-0.25, -0.2) is 4.79 Å². The third-order valence-electron chi connectivity index (χ3n) is 7.15. The van der Waals surface area contributed by atoms with Crippen molar-refractivity contribution in [2.75, 3.05) is 0 Å². The molecule has 7 heteroatoms. The minimum Gasteiger partial charge on any atom is -0.395 e. The summed E-state index contributed by atoms with van der Waals surface area (Å²) in [5, 5.41) is 0. The van der Waals surface area contributed by atoms with Crippen molar-refractivity contribution < 1.29 is 14.3 Å². The predicted molar refractivity (Wildman–Crippen MR) is 191 cm³/mol. The van der Waals surface area contributed by atoms with Crippen LogP contribution in [0.4, 0.5) is 4.79 Å². The SMILES string of the molecule is C/C(=C\c1ccc(OC(=O)Oc2ccc(/C=C(\C)c3ccc4c(c3)SC(C)(C)S4)cc2)cc1)c1ccc2c(c1)SC(C)(C)S2. The van der Waals surface area contributed by atoms with Gasteiger partial charge in [0, 0.05) is 19.6 Å². The van der Waals surface area contributed by atoms with E-state index in [0.717, 1.165) is 11.1 Å². The fraction of sp³-hybridized carbons (Fsp3) is 0.216. The molecular formula is C37H34O3S4. The van der Waals surface area contributed by atoms with Gasteiger partial charge in [0.25, 0.3) is 0 Å². The van der Waals surface area contributed by atoms with Crippen LogP contribution in [-0.2, 0) is 0 Å². The van der Waals surface area contributed by atoms with E-state index in [0.29, 0.717) is 11.5 Å². The molecule has 0 fully saturated rings. The van der Waals surface area contributed by atoms with E-state index in [2.05, 4.69) is 90.1 Å². The number of carbonyl (C=O) groups is 1. The summed E-state index contributed by atoms with van der Waals surface area (Å²) in [5.41, 5.74) is 6.84. The zero-order chi connectivity index (χ0) is 31.1. The van der Waals surface area contributed by atoms with E-state index in [9.17, 15) is 4.79 Å². The first-order valence-corrected chi connectivity index (χ1v) is 17.7. The van der Waals surface area contributed by atoms with Crippen LogP contribution in [0, 0.1) is 0 Å². The number of hydrogen-bond donors (Lipinski definition) is 0. The Morgan fingerprint density at radius 3 is 1.30 bits per heavy atom. The quantitative estimate of drug-likeness (QED) is 0.116. The van der Waals surface area contributed by atoms with E-state index in [4.69, 9.17) is 9.47 Å². The first-order valence-electron chi connectivity index (χ1n) is 14.4. The fourth-order valence-corrected chi connectivity index (χ4v) is 10.4. The van der Waals surface area contributed by atoms with Crippen LogP contribution >= 0.6 is 47.0 Å². The molecule has 0 bridgehead atoms. The second-order valence-corrected chi connectivity index (χ2v) is 19.0. The van der Waals surface area contributed by atoms with E-state index in [-0.39, 0.29) is 8.16 Å². The van der Waals surface area contributed by atoms with Gasteiger partial charge in [-0.05, 0) is 123 Å². The second-order valence-electron chi connectivity index (χ2n) is 11.8. The van der Waals surface area contributed by atoms with E-state index in [1.54, 1.807) is 24.3 Å². The van der Waals surface area contributed by atoms with Gasteiger partial charge in [0.15, 0.2) is 0 Å². The number of rotatable bonds is 6. The van der Waals surface area contributed by atoms with Crippen LogP contribution in [0.3, 0.4) is 0 Å². The summed E-state index contributed by atoms with van der Waals surface area (Å²) in [6, 6.07) is 28.3. The Kier molecular flexibility index (Phi) is 8.77. The molecule has 0 spiro atoms. The smallest absolute Gasteiger partial charge is 0.395 e. The monoisotopic (exact) mass is 654 g/mol. The molecule has 2 heterocycles. The number of hydrogen-bond acceptors (Lipinski definition) is 7. The van der Waals surface area contributed by atoms with Crippen molar-refractivity contribution in [3.8, 4) is 11.5 Å². The number of benzene rings is 4.